The summed E-state index contributed by atoms with van der Waals surface area (Å²) in [5.74, 6) is 0.373. The molecule has 0 aliphatic rings. The lowest BCUT2D eigenvalue weighted by Crippen LogP contribution is -2.20. The second-order valence-electron chi connectivity index (χ2n) is 7.93. The van der Waals surface area contributed by atoms with Gasteiger partial charge in [-0.15, -0.1) is 5.10 Å². The first kappa shape index (κ1) is 25.3. The number of nitrogens with zero attached hydrogens (tertiary/aromatic N) is 8. The molecular formula is C21H21ClF3N9O2. The minimum absolute atomic E-state index is 0.0547. The number of aliphatic hydroxyl groups is 1. The van der Waals surface area contributed by atoms with Crippen molar-refractivity contribution in [2.24, 2.45) is 0 Å². The van der Waals surface area contributed by atoms with Gasteiger partial charge in [0.1, 0.15) is 18.2 Å². The average molecular weight is 524 g/mol. The lowest BCUT2D eigenvalue weighted by atomic mass is 10.1. The van der Waals surface area contributed by atoms with Crippen LogP contribution in [0.3, 0.4) is 0 Å². The number of nitrogens with one attached hydrogen (secondary N) is 1. The molecule has 190 valence electrons. The number of aromatic nitrogens is 8. The Morgan fingerprint density at radius 3 is 2.56 bits per heavy atom. The normalized spacial score (nSPS) is 13.4. The Kier molecular flexibility index (Phi) is 7.35. The highest BCUT2D eigenvalue weighted by Crippen LogP contribution is 2.35. The summed E-state index contributed by atoms with van der Waals surface area (Å²) in [6.07, 6.45) is 0.550. The Labute approximate surface area is 207 Å². The molecular weight excluding hydrogens is 503 g/mol. The molecule has 4 rings (SSSR count). The maximum absolute atomic E-state index is 13.4. The van der Waals surface area contributed by atoms with Crippen LogP contribution in [0.25, 0.3) is 11.1 Å². The van der Waals surface area contributed by atoms with E-state index in [1.165, 1.54) is 23.4 Å². The molecule has 0 aliphatic carbocycles. The summed E-state index contributed by atoms with van der Waals surface area (Å²) < 4.78 is 48.8. The molecule has 0 aliphatic heterocycles. The van der Waals surface area contributed by atoms with Gasteiger partial charge >= 0.3 is 6.18 Å². The van der Waals surface area contributed by atoms with E-state index in [1.54, 1.807) is 25.1 Å². The maximum atomic E-state index is 13.4. The Hall–Kier alpha value is -3.78. The fourth-order valence-electron chi connectivity index (χ4n) is 3.22. The van der Waals surface area contributed by atoms with Crippen molar-refractivity contribution in [3.63, 3.8) is 0 Å². The quantitative estimate of drug-likeness (QED) is 0.337. The summed E-state index contributed by atoms with van der Waals surface area (Å²) in [6, 6.07) is 4.48. The lowest BCUT2D eigenvalue weighted by molar-refractivity contribution is -0.141. The van der Waals surface area contributed by atoms with Crippen molar-refractivity contribution >= 4 is 23.2 Å². The van der Waals surface area contributed by atoms with Crippen LogP contribution in [0, 0.1) is 0 Å². The van der Waals surface area contributed by atoms with E-state index in [0.717, 1.165) is 10.9 Å². The molecule has 0 spiro atoms. The van der Waals surface area contributed by atoms with Gasteiger partial charge < -0.3 is 15.2 Å². The summed E-state index contributed by atoms with van der Waals surface area (Å²) in [5.41, 5.74) is -0.174. The van der Waals surface area contributed by atoms with Gasteiger partial charge in [-0.1, -0.05) is 17.7 Å². The number of hydrogen-bond acceptors (Lipinski definition) is 9. The first-order valence-electron chi connectivity index (χ1n) is 10.7. The van der Waals surface area contributed by atoms with E-state index in [9.17, 15) is 18.3 Å². The van der Waals surface area contributed by atoms with Crippen LogP contribution in [0.15, 0.2) is 43.1 Å². The molecule has 0 amide bonds. The first-order valence-corrected chi connectivity index (χ1v) is 11.1. The van der Waals surface area contributed by atoms with Gasteiger partial charge in [0.2, 0.25) is 5.95 Å². The summed E-state index contributed by atoms with van der Waals surface area (Å²) in [5, 5.41) is 26.7. The molecule has 1 aromatic carbocycles. The third kappa shape index (κ3) is 5.88. The van der Waals surface area contributed by atoms with Crippen molar-refractivity contribution in [3.8, 4) is 16.9 Å². The Bertz CT molecular complexity index is 1300. The van der Waals surface area contributed by atoms with Gasteiger partial charge in [-0.2, -0.15) is 18.3 Å². The van der Waals surface area contributed by atoms with Crippen LogP contribution in [0.1, 0.15) is 25.6 Å². The fraction of sp³-hybridized carbons (Fsp3) is 0.333. The van der Waals surface area contributed by atoms with Crippen LogP contribution >= 0.6 is 11.6 Å². The molecule has 0 bridgehead atoms. The van der Waals surface area contributed by atoms with E-state index in [0.29, 0.717) is 28.4 Å². The SMILES string of the molecule is CC(Cn1cnnn1)Oc1cc(-c2cnc(Nc3cn(C(C)CO)nc3C(F)(F)F)nc2)ccc1Cl. The highest BCUT2D eigenvalue weighted by molar-refractivity contribution is 6.32. The minimum Gasteiger partial charge on any atom is -0.487 e. The zero-order valence-electron chi connectivity index (χ0n) is 19.1. The predicted octanol–water partition coefficient (Wildman–Crippen LogP) is 3.76. The highest BCUT2D eigenvalue weighted by atomic mass is 35.5. The monoisotopic (exact) mass is 523 g/mol. The minimum atomic E-state index is -4.70. The molecule has 2 N–H and O–H groups in total. The lowest BCUT2D eigenvalue weighted by Gasteiger charge is -2.16. The second-order valence-corrected chi connectivity index (χ2v) is 8.33. The summed E-state index contributed by atoms with van der Waals surface area (Å²) in [6.45, 7) is 3.42. The van der Waals surface area contributed by atoms with Crippen molar-refractivity contribution in [1.82, 2.24) is 40.0 Å². The van der Waals surface area contributed by atoms with Gasteiger partial charge in [-0.25, -0.2) is 14.6 Å². The smallest absolute Gasteiger partial charge is 0.437 e. The first-order chi connectivity index (χ1) is 17.1. The largest absolute Gasteiger partial charge is 0.487 e. The van der Waals surface area contributed by atoms with Crippen molar-refractivity contribution in [2.45, 2.75) is 38.7 Å². The van der Waals surface area contributed by atoms with Gasteiger partial charge in [0.05, 0.1) is 29.9 Å². The van der Waals surface area contributed by atoms with E-state index in [1.807, 2.05) is 6.92 Å². The van der Waals surface area contributed by atoms with Gasteiger partial charge in [-0.3, -0.25) is 4.68 Å². The summed E-state index contributed by atoms with van der Waals surface area (Å²) in [7, 11) is 0. The number of tetrazole rings is 1. The third-order valence-corrected chi connectivity index (χ3v) is 5.36. The van der Waals surface area contributed by atoms with Gasteiger partial charge in [0.25, 0.3) is 0 Å². The van der Waals surface area contributed by atoms with Crippen LogP contribution in [0.5, 0.6) is 5.75 Å². The molecule has 3 heterocycles. The van der Waals surface area contributed by atoms with E-state index < -0.39 is 17.9 Å². The summed E-state index contributed by atoms with van der Waals surface area (Å²) >= 11 is 6.28. The van der Waals surface area contributed by atoms with Gasteiger partial charge in [-0.05, 0) is 42.0 Å². The van der Waals surface area contributed by atoms with Crippen LogP contribution in [0.4, 0.5) is 24.8 Å². The van der Waals surface area contributed by atoms with Crippen LogP contribution in [-0.4, -0.2) is 57.8 Å². The van der Waals surface area contributed by atoms with E-state index in [4.69, 9.17) is 16.3 Å². The zero-order valence-corrected chi connectivity index (χ0v) is 19.8. The van der Waals surface area contributed by atoms with Crippen LogP contribution in [0.2, 0.25) is 5.02 Å². The highest BCUT2D eigenvalue weighted by Gasteiger charge is 2.38. The molecule has 36 heavy (non-hydrogen) atoms. The third-order valence-electron chi connectivity index (χ3n) is 5.04. The number of anilines is 2. The molecule has 15 heteroatoms. The number of aliphatic hydroxyl groups excluding tert-OH is 1. The van der Waals surface area contributed by atoms with E-state index in [2.05, 4.69) is 35.9 Å². The average Bonchev–Trinajstić information content (AvgIpc) is 3.50. The molecule has 2 unspecified atom stereocenters. The molecule has 4 aromatic rings. The fourth-order valence-corrected chi connectivity index (χ4v) is 3.38. The number of benzene rings is 1. The van der Waals surface area contributed by atoms with E-state index >= 15 is 0 Å². The Morgan fingerprint density at radius 1 is 1.17 bits per heavy atom. The van der Waals surface area contributed by atoms with Gasteiger partial charge in [0.15, 0.2) is 5.69 Å². The summed E-state index contributed by atoms with van der Waals surface area (Å²) in [4.78, 5) is 8.27. The number of ether oxygens (including phenoxy) is 1. The van der Waals surface area contributed by atoms with Crippen molar-refractivity contribution in [2.75, 3.05) is 11.9 Å². The van der Waals surface area contributed by atoms with E-state index in [-0.39, 0.29) is 24.3 Å². The molecule has 0 radical (unpaired) electrons. The molecule has 3 aromatic heterocycles. The number of alkyl halides is 3. The maximum Gasteiger partial charge on any atom is 0.437 e. The van der Waals surface area contributed by atoms with Crippen molar-refractivity contribution in [3.05, 3.63) is 53.8 Å². The Balaban J connectivity index is 1.51. The second kappa shape index (κ2) is 10.5. The molecule has 0 saturated heterocycles. The van der Waals surface area contributed by atoms with Crippen LogP contribution < -0.4 is 10.1 Å². The predicted molar refractivity (Wildman–Crippen MR) is 123 cm³/mol. The zero-order chi connectivity index (χ0) is 25.9. The number of hydrogen-bond donors (Lipinski definition) is 2. The van der Waals surface area contributed by atoms with Gasteiger partial charge in [0, 0.05) is 24.2 Å². The molecule has 0 fully saturated rings. The van der Waals surface area contributed by atoms with Crippen molar-refractivity contribution < 1.29 is 23.0 Å². The number of halogens is 4. The van der Waals surface area contributed by atoms with Crippen molar-refractivity contribution in [1.29, 1.82) is 0 Å². The molecule has 2 atom stereocenters. The topological polar surface area (TPSA) is 129 Å². The number of rotatable bonds is 9. The molecule has 11 nitrogen and oxygen atoms in total. The molecule has 0 saturated carbocycles. The van der Waals surface area contributed by atoms with Crippen LogP contribution in [-0.2, 0) is 12.7 Å². The standard InChI is InChI=1S/C21H21ClF3N9O2/c1-12(10-35)34-9-17(19(30-34)21(23,24)25)29-20-26-6-15(7-27-20)14-3-4-16(22)18(5-14)36-13(2)8-33-11-28-31-32-33/h3-7,9,11-13,35H,8,10H2,1-2H3,(H,26,27,29). The Morgan fingerprint density at radius 2 is 1.92 bits per heavy atom.